The average molecular weight is 294 g/mol. The zero-order valence-corrected chi connectivity index (χ0v) is 12.4. The number of aromatic carboxylic acids is 1. The lowest BCUT2D eigenvalue weighted by Gasteiger charge is -2.10. The standard InChI is InChI=1S/C15H22N2O4/c1-11-10-12(14(18)19)6-7-13(11)17-15(20)16-8-4-3-5-9-21-2/h6-7,10H,3-5,8-9H2,1-2H3,(H,18,19)(H2,16,17,20). The van der Waals surface area contributed by atoms with Crippen LogP contribution in [0.3, 0.4) is 0 Å². The predicted octanol–water partition coefficient (Wildman–Crippen LogP) is 2.63. The van der Waals surface area contributed by atoms with E-state index in [9.17, 15) is 9.59 Å². The summed E-state index contributed by atoms with van der Waals surface area (Å²) in [5.74, 6) is -0.981. The van der Waals surface area contributed by atoms with Gasteiger partial charge in [0, 0.05) is 25.9 Å². The maximum Gasteiger partial charge on any atom is 0.335 e. The summed E-state index contributed by atoms with van der Waals surface area (Å²) in [6.45, 7) is 3.09. The number of anilines is 1. The van der Waals surface area contributed by atoms with Gasteiger partial charge in [-0.2, -0.15) is 0 Å². The highest BCUT2D eigenvalue weighted by Gasteiger charge is 2.07. The van der Waals surface area contributed by atoms with Crippen LogP contribution in [0, 0.1) is 6.92 Å². The fourth-order valence-electron chi connectivity index (χ4n) is 1.85. The summed E-state index contributed by atoms with van der Waals surface area (Å²) in [7, 11) is 1.67. The first kappa shape index (κ1) is 17.0. The van der Waals surface area contributed by atoms with Gasteiger partial charge in [0.2, 0.25) is 0 Å². The third-order valence-electron chi connectivity index (χ3n) is 3.03. The second kappa shape index (κ2) is 8.97. The van der Waals surface area contributed by atoms with Gasteiger partial charge in [0.15, 0.2) is 0 Å². The molecule has 0 aromatic heterocycles. The van der Waals surface area contributed by atoms with Crippen molar-refractivity contribution < 1.29 is 19.4 Å². The summed E-state index contributed by atoms with van der Waals surface area (Å²) in [6, 6.07) is 4.31. The number of hydrogen-bond donors (Lipinski definition) is 3. The third kappa shape index (κ3) is 6.27. The molecular formula is C15H22N2O4. The summed E-state index contributed by atoms with van der Waals surface area (Å²) < 4.78 is 4.95. The molecule has 0 bridgehead atoms. The number of benzene rings is 1. The van der Waals surface area contributed by atoms with Gasteiger partial charge in [-0.05, 0) is 49.9 Å². The first-order chi connectivity index (χ1) is 10.0. The molecule has 0 heterocycles. The Morgan fingerprint density at radius 1 is 1.24 bits per heavy atom. The van der Waals surface area contributed by atoms with E-state index in [2.05, 4.69) is 10.6 Å². The first-order valence-corrected chi connectivity index (χ1v) is 6.92. The normalized spacial score (nSPS) is 10.2. The van der Waals surface area contributed by atoms with Gasteiger partial charge in [-0.1, -0.05) is 0 Å². The number of rotatable bonds is 8. The minimum Gasteiger partial charge on any atom is -0.478 e. The zero-order valence-electron chi connectivity index (χ0n) is 12.4. The maximum absolute atomic E-state index is 11.7. The van der Waals surface area contributed by atoms with Crippen LogP contribution < -0.4 is 10.6 Å². The first-order valence-electron chi connectivity index (χ1n) is 6.92. The van der Waals surface area contributed by atoms with Crippen molar-refractivity contribution in [3.63, 3.8) is 0 Å². The zero-order chi connectivity index (χ0) is 15.7. The molecule has 0 aliphatic carbocycles. The molecule has 3 N–H and O–H groups in total. The van der Waals surface area contributed by atoms with E-state index in [1.54, 1.807) is 20.1 Å². The number of unbranched alkanes of at least 4 members (excludes halogenated alkanes) is 2. The Bertz CT molecular complexity index is 489. The molecule has 6 nitrogen and oxygen atoms in total. The molecule has 0 aliphatic rings. The van der Waals surface area contributed by atoms with Crippen molar-refractivity contribution >= 4 is 17.7 Å². The van der Waals surface area contributed by atoms with Crippen LogP contribution in [0.2, 0.25) is 0 Å². The Balaban J connectivity index is 2.36. The molecule has 0 unspecified atom stereocenters. The van der Waals surface area contributed by atoms with Crippen LogP contribution in [-0.2, 0) is 4.74 Å². The SMILES string of the molecule is COCCCCCNC(=O)Nc1ccc(C(=O)O)cc1C. The Morgan fingerprint density at radius 2 is 2.00 bits per heavy atom. The van der Waals surface area contributed by atoms with Gasteiger partial charge in [-0.3, -0.25) is 0 Å². The number of hydrogen-bond acceptors (Lipinski definition) is 3. The van der Waals surface area contributed by atoms with E-state index in [1.807, 2.05) is 0 Å². The summed E-state index contributed by atoms with van der Waals surface area (Å²) in [4.78, 5) is 22.5. The number of urea groups is 1. The van der Waals surface area contributed by atoms with Crippen molar-refractivity contribution in [3.8, 4) is 0 Å². The smallest absolute Gasteiger partial charge is 0.335 e. The number of carbonyl (C=O) groups excluding carboxylic acids is 1. The summed E-state index contributed by atoms with van der Waals surface area (Å²) in [5.41, 5.74) is 1.53. The second-order valence-corrected chi connectivity index (χ2v) is 4.77. The van der Waals surface area contributed by atoms with E-state index < -0.39 is 5.97 Å². The van der Waals surface area contributed by atoms with Gasteiger partial charge in [0.1, 0.15) is 0 Å². The van der Waals surface area contributed by atoms with Crippen LogP contribution >= 0.6 is 0 Å². The molecule has 21 heavy (non-hydrogen) atoms. The van der Waals surface area contributed by atoms with Gasteiger partial charge in [0.25, 0.3) is 0 Å². The molecule has 0 radical (unpaired) electrons. The number of aryl methyl sites for hydroxylation is 1. The van der Waals surface area contributed by atoms with Gasteiger partial charge < -0.3 is 20.5 Å². The van der Waals surface area contributed by atoms with Crippen LogP contribution in [0.5, 0.6) is 0 Å². The Labute approximate surface area is 124 Å². The van der Waals surface area contributed by atoms with E-state index in [0.717, 1.165) is 25.9 Å². The number of carbonyl (C=O) groups is 2. The molecule has 6 heteroatoms. The van der Waals surface area contributed by atoms with Crippen LogP contribution in [0.15, 0.2) is 18.2 Å². The molecule has 0 fully saturated rings. The minimum atomic E-state index is -0.981. The highest BCUT2D eigenvalue weighted by molar-refractivity contribution is 5.92. The maximum atomic E-state index is 11.7. The monoisotopic (exact) mass is 294 g/mol. The third-order valence-corrected chi connectivity index (χ3v) is 3.03. The average Bonchev–Trinajstić information content (AvgIpc) is 2.44. The van der Waals surface area contributed by atoms with Crippen molar-refractivity contribution in [1.82, 2.24) is 5.32 Å². The van der Waals surface area contributed by atoms with Crippen molar-refractivity contribution in [1.29, 1.82) is 0 Å². The number of amides is 2. The largest absolute Gasteiger partial charge is 0.478 e. The molecular weight excluding hydrogens is 272 g/mol. The number of carboxylic acids is 1. The fourth-order valence-corrected chi connectivity index (χ4v) is 1.85. The molecule has 0 saturated carbocycles. The number of nitrogens with one attached hydrogen (secondary N) is 2. The molecule has 116 valence electrons. The van der Waals surface area contributed by atoms with Crippen molar-refractivity contribution in [2.24, 2.45) is 0 Å². The molecule has 0 atom stereocenters. The van der Waals surface area contributed by atoms with Gasteiger partial charge in [-0.15, -0.1) is 0 Å². The van der Waals surface area contributed by atoms with Gasteiger partial charge in [0.05, 0.1) is 5.56 Å². The highest BCUT2D eigenvalue weighted by atomic mass is 16.5. The van der Waals surface area contributed by atoms with E-state index >= 15 is 0 Å². The van der Waals surface area contributed by atoms with E-state index in [0.29, 0.717) is 17.8 Å². The van der Waals surface area contributed by atoms with Crippen molar-refractivity contribution in [3.05, 3.63) is 29.3 Å². The topological polar surface area (TPSA) is 87.7 Å². The lowest BCUT2D eigenvalue weighted by Crippen LogP contribution is -2.29. The summed E-state index contributed by atoms with van der Waals surface area (Å²) >= 11 is 0. The van der Waals surface area contributed by atoms with Crippen LogP contribution in [0.1, 0.15) is 35.2 Å². The van der Waals surface area contributed by atoms with Crippen LogP contribution in [0.4, 0.5) is 10.5 Å². The molecule has 0 saturated heterocycles. The van der Waals surface area contributed by atoms with E-state index in [4.69, 9.17) is 9.84 Å². The summed E-state index contributed by atoms with van der Waals surface area (Å²) in [5, 5.41) is 14.4. The van der Waals surface area contributed by atoms with Crippen LogP contribution in [-0.4, -0.2) is 37.4 Å². The van der Waals surface area contributed by atoms with E-state index in [1.165, 1.54) is 12.1 Å². The lowest BCUT2D eigenvalue weighted by atomic mass is 10.1. The molecule has 2 amide bonds. The van der Waals surface area contributed by atoms with Crippen LogP contribution in [0.25, 0.3) is 0 Å². The number of ether oxygens (including phenoxy) is 1. The number of methoxy groups -OCH3 is 1. The summed E-state index contributed by atoms with van der Waals surface area (Å²) in [6.07, 6.45) is 2.88. The Hall–Kier alpha value is -2.08. The minimum absolute atomic E-state index is 0.205. The quantitative estimate of drug-likeness (QED) is 0.643. The van der Waals surface area contributed by atoms with Crippen molar-refractivity contribution in [2.75, 3.05) is 25.6 Å². The molecule has 1 aromatic carbocycles. The van der Waals surface area contributed by atoms with Crippen molar-refractivity contribution in [2.45, 2.75) is 26.2 Å². The Kier molecular flexibility index (Phi) is 7.25. The Morgan fingerprint density at radius 3 is 2.62 bits per heavy atom. The fraction of sp³-hybridized carbons (Fsp3) is 0.467. The molecule has 1 rings (SSSR count). The molecule has 0 aliphatic heterocycles. The van der Waals surface area contributed by atoms with Gasteiger partial charge in [-0.25, -0.2) is 9.59 Å². The predicted molar refractivity (Wildman–Crippen MR) is 80.9 cm³/mol. The lowest BCUT2D eigenvalue weighted by molar-refractivity contribution is 0.0697. The van der Waals surface area contributed by atoms with Gasteiger partial charge >= 0.3 is 12.0 Å². The molecule has 0 spiro atoms. The van der Waals surface area contributed by atoms with E-state index in [-0.39, 0.29) is 11.6 Å². The second-order valence-electron chi connectivity index (χ2n) is 4.77. The molecule has 1 aromatic rings. The highest BCUT2D eigenvalue weighted by Crippen LogP contribution is 2.16. The number of carboxylic acid groups (broad SMARTS) is 1.